The Morgan fingerprint density at radius 2 is 2.20 bits per heavy atom. The molecule has 0 aliphatic heterocycles. The maximum Gasteiger partial charge on any atom is 0.160 e. The van der Waals surface area contributed by atoms with Gasteiger partial charge in [-0.05, 0) is 24.7 Å². The summed E-state index contributed by atoms with van der Waals surface area (Å²) in [6.45, 7) is 0.437. The van der Waals surface area contributed by atoms with E-state index in [4.69, 9.17) is 4.74 Å². The van der Waals surface area contributed by atoms with E-state index >= 15 is 0 Å². The molecule has 0 aliphatic rings. The summed E-state index contributed by atoms with van der Waals surface area (Å²) in [5, 5.41) is 22.1. The van der Waals surface area contributed by atoms with E-state index in [1.165, 1.54) is 13.2 Å². The van der Waals surface area contributed by atoms with Crippen molar-refractivity contribution in [2.75, 3.05) is 20.7 Å². The van der Waals surface area contributed by atoms with Gasteiger partial charge >= 0.3 is 0 Å². The van der Waals surface area contributed by atoms with Crippen LogP contribution < -0.4 is 10.1 Å². The standard InChI is InChI=1S/C10H14BrNO3/c1-12-5-9(14)6-3-10(15-2)8(13)4-7(6)11/h3-4,9,12-14H,5H2,1-2H3. The molecular weight excluding hydrogens is 262 g/mol. The first-order valence-electron chi connectivity index (χ1n) is 4.49. The number of ether oxygens (including phenoxy) is 1. The summed E-state index contributed by atoms with van der Waals surface area (Å²) in [6.07, 6.45) is -0.640. The lowest BCUT2D eigenvalue weighted by atomic mass is 10.1. The molecular formula is C10H14BrNO3. The SMILES string of the molecule is CNCC(O)c1cc(OC)c(O)cc1Br. The van der Waals surface area contributed by atoms with Crippen LogP contribution in [-0.2, 0) is 0 Å². The molecule has 0 amide bonds. The Hall–Kier alpha value is -0.780. The van der Waals surface area contributed by atoms with Crippen molar-refractivity contribution in [3.63, 3.8) is 0 Å². The van der Waals surface area contributed by atoms with E-state index in [-0.39, 0.29) is 5.75 Å². The average molecular weight is 276 g/mol. The highest BCUT2D eigenvalue weighted by molar-refractivity contribution is 9.10. The first-order chi connectivity index (χ1) is 7.10. The van der Waals surface area contributed by atoms with Crippen molar-refractivity contribution in [1.82, 2.24) is 5.32 Å². The summed E-state index contributed by atoms with van der Waals surface area (Å²) in [5.41, 5.74) is 0.680. The zero-order valence-corrected chi connectivity index (χ0v) is 10.2. The number of aliphatic hydroxyl groups is 1. The molecule has 0 aromatic heterocycles. The molecule has 0 saturated carbocycles. The fourth-order valence-electron chi connectivity index (χ4n) is 1.28. The van der Waals surface area contributed by atoms with E-state index in [1.54, 1.807) is 13.1 Å². The molecule has 84 valence electrons. The Kier molecular flexibility index (Phi) is 4.38. The summed E-state index contributed by atoms with van der Waals surface area (Å²) in [7, 11) is 3.23. The monoisotopic (exact) mass is 275 g/mol. The molecule has 1 atom stereocenters. The van der Waals surface area contributed by atoms with Crippen LogP contribution in [0.25, 0.3) is 0 Å². The lowest BCUT2D eigenvalue weighted by molar-refractivity contribution is 0.176. The molecule has 0 bridgehead atoms. The highest BCUT2D eigenvalue weighted by Gasteiger charge is 2.14. The largest absolute Gasteiger partial charge is 0.504 e. The van der Waals surface area contributed by atoms with Crippen LogP contribution in [0.15, 0.2) is 16.6 Å². The summed E-state index contributed by atoms with van der Waals surface area (Å²) >= 11 is 3.28. The van der Waals surface area contributed by atoms with Crippen LogP contribution in [0.1, 0.15) is 11.7 Å². The number of aliphatic hydroxyl groups excluding tert-OH is 1. The van der Waals surface area contributed by atoms with Crippen molar-refractivity contribution in [3.05, 3.63) is 22.2 Å². The van der Waals surface area contributed by atoms with E-state index in [0.29, 0.717) is 22.3 Å². The fourth-order valence-corrected chi connectivity index (χ4v) is 1.88. The number of aromatic hydroxyl groups is 1. The lowest BCUT2D eigenvalue weighted by Crippen LogP contribution is -2.17. The van der Waals surface area contributed by atoms with Gasteiger partial charge in [-0.25, -0.2) is 0 Å². The number of benzene rings is 1. The Bertz CT molecular complexity index is 344. The number of halogens is 1. The maximum absolute atomic E-state index is 9.78. The Labute approximate surface area is 97.0 Å². The Morgan fingerprint density at radius 3 is 2.73 bits per heavy atom. The van der Waals surface area contributed by atoms with Gasteiger partial charge in [0.15, 0.2) is 11.5 Å². The summed E-state index contributed by atoms with van der Waals surface area (Å²) < 4.78 is 5.62. The van der Waals surface area contributed by atoms with Gasteiger partial charge in [-0.3, -0.25) is 0 Å². The van der Waals surface area contributed by atoms with Crippen LogP contribution in [0.5, 0.6) is 11.5 Å². The predicted octanol–water partition coefficient (Wildman–Crippen LogP) is 1.42. The summed E-state index contributed by atoms with van der Waals surface area (Å²) in [6, 6.07) is 3.12. The predicted molar refractivity (Wildman–Crippen MR) is 61.2 cm³/mol. The van der Waals surface area contributed by atoms with Crippen LogP contribution in [0.4, 0.5) is 0 Å². The molecule has 1 unspecified atom stereocenters. The van der Waals surface area contributed by atoms with E-state index < -0.39 is 6.10 Å². The topological polar surface area (TPSA) is 61.7 Å². The molecule has 15 heavy (non-hydrogen) atoms. The van der Waals surface area contributed by atoms with Crippen molar-refractivity contribution in [2.24, 2.45) is 0 Å². The highest BCUT2D eigenvalue weighted by atomic mass is 79.9. The number of methoxy groups -OCH3 is 1. The molecule has 0 heterocycles. The van der Waals surface area contributed by atoms with Gasteiger partial charge in [0.1, 0.15) is 0 Å². The van der Waals surface area contributed by atoms with Crippen LogP contribution >= 0.6 is 15.9 Å². The third kappa shape index (κ3) is 2.84. The normalized spacial score (nSPS) is 12.5. The van der Waals surface area contributed by atoms with Crippen molar-refractivity contribution < 1.29 is 14.9 Å². The summed E-state index contributed by atoms with van der Waals surface area (Å²) in [4.78, 5) is 0. The second-order valence-electron chi connectivity index (χ2n) is 3.12. The molecule has 0 fully saturated rings. The van der Waals surface area contributed by atoms with Gasteiger partial charge in [-0.1, -0.05) is 15.9 Å². The third-order valence-electron chi connectivity index (χ3n) is 2.05. The molecule has 1 aromatic carbocycles. The van der Waals surface area contributed by atoms with Crippen molar-refractivity contribution >= 4 is 15.9 Å². The van der Waals surface area contributed by atoms with E-state index in [2.05, 4.69) is 21.2 Å². The van der Waals surface area contributed by atoms with Gasteiger partial charge in [-0.2, -0.15) is 0 Å². The quantitative estimate of drug-likeness (QED) is 0.778. The number of phenolic OH excluding ortho intramolecular Hbond substituents is 1. The van der Waals surface area contributed by atoms with E-state index in [1.807, 2.05) is 0 Å². The highest BCUT2D eigenvalue weighted by Crippen LogP contribution is 2.34. The Morgan fingerprint density at radius 1 is 1.53 bits per heavy atom. The van der Waals surface area contributed by atoms with Gasteiger partial charge < -0.3 is 20.3 Å². The lowest BCUT2D eigenvalue weighted by Gasteiger charge is -2.14. The van der Waals surface area contributed by atoms with Crippen LogP contribution in [-0.4, -0.2) is 30.9 Å². The minimum absolute atomic E-state index is 0.0461. The smallest absolute Gasteiger partial charge is 0.160 e. The average Bonchev–Trinajstić information content (AvgIpc) is 2.18. The summed E-state index contributed by atoms with van der Waals surface area (Å²) in [5.74, 6) is 0.396. The van der Waals surface area contributed by atoms with Crippen molar-refractivity contribution in [2.45, 2.75) is 6.10 Å². The van der Waals surface area contributed by atoms with Gasteiger partial charge in [0.25, 0.3) is 0 Å². The third-order valence-corrected chi connectivity index (χ3v) is 2.74. The second-order valence-corrected chi connectivity index (χ2v) is 3.97. The zero-order chi connectivity index (χ0) is 11.4. The van der Waals surface area contributed by atoms with Gasteiger partial charge in [0.2, 0.25) is 0 Å². The van der Waals surface area contributed by atoms with Crippen LogP contribution in [0.2, 0.25) is 0 Å². The number of rotatable bonds is 4. The molecule has 1 rings (SSSR count). The first kappa shape index (κ1) is 12.3. The van der Waals surface area contributed by atoms with Crippen molar-refractivity contribution in [3.8, 4) is 11.5 Å². The second kappa shape index (κ2) is 5.34. The van der Waals surface area contributed by atoms with Gasteiger partial charge in [-0.15, -0.1) is 0 Å². The molecule has 1 aromatic rings. The van der Waals surface area contributed by atoms with E-state index in [0.717, 1.165) is 0 Å². The van der Waals surface area contributed by atoms with Gasteiger partial charge in [0, 0.05) is 11.0 Å². The number of hydrogen-bond donors (Lipinski definition) is 3. The first-order valence-corrected chi connectivity index (χ1v) is 5.28. The molecule has 0 spiro atoms. The van der Waals surface area contributed by atoms with Crippen LogP contribution in [0, 0.1) is 0 Å². The molecule has 4 nitrogen and oxygen atoms in total. The molecule has 0 radical (unpaired) electrons. The zero-order valence-electron chi connectivity index (χ0n) is 8.62. The van der Waals surface area contributed by atoms with Crippen LogP contribution in [0.3, 0.4) is 0 Å². The fraction of sp³-hybridized carbons (Fsp3) is 0.400. The van der Waals surface area contributed by atoms with E-state index in [9.17, 15) is 10.2 Å². The van der Waals surface area contributed by atoms with Crippen molar-refractivity contribution in [1.29, 1.82) is 0 Å². The minimum atomic E-state index is -0.640. The number of hydrogen-bond acceptors (Lipinski definition) is 4. The maximum atomic E-state index is 9.78. The number of likely N-dealkylation sites (N-methyl/N-ethyl adjacent to an activating group) is 1. The minimum Gasteiger partial charge on any atom is -0.504 e. The number of nitrogens with one attached hydrogen (secondary N) is 1. The number of phenols is 1. The van der Waals surface area contributed by atoms with Gasteiger partial charge in [0.05, 0.1) is 13.2 Å². The Balaban J connectivity index is 3.06. The molecule has 0 saturated heterocycles. The molecule has 0 aliphatic carbocycles. The molecule has 3 N–H and O–H groups in total. The molecule has 5 heteroatoms.